The molecule has 0 aromatic carbocycles. The zero-order valence-electron chi connectivity index (χ0n) is 12.4. The molecule has 5 heteroatoms. The Morgan fingerprint density at radius 1 is 1.37 bits per heavy atom. The van der Waals surface area contributed by atoms with Crippen molar-refractivity contribution < 1.29 is 4.74 Å². The van der Waals surface area contributed by atoms with Crippen molar-refractivity contribution in [1.82, 2.24) is 9.55 Å². The monoisotopic (exact) mass is 267 g/mol. The Bertz CT molecular complexity index is 435. The SMILES string of the molecule is CCCOCCCNc1nccn(C(C)(C)C)c1=O. The fourth-order valence-corrected chi connectivity index (χ4v) is 1.69. The topological polar surface area (TPSA) is 56.1 Å². The average Bonchev–Trinajstić information content (AvgIpc) is 2.34. The minimum atomic E-state index is -0.235. The fraction of sp³-hybridized carbons (Fsp3) is 0.714. The van der Waals surface area contributed by atoms with E-state index in [4.69, 9.17) is 4.74 Å². The number of ether oxygens (including phenoxy) is 1. The van der Waals surface area contributed by atoms with E-state index in [1.807, 2.05) is 20.8 Å². The highest BCUT2D eigenvalue weighted by Gasteiger charge is 2.16. The highest BCUT2D eigenvalue weighted by Crippen LogP contribution is 2.10. The number of hydrogen-bond donors (Lipinski definition) is 1. The molecule has 0 aliphatic heterocycles. The lowest BCUT2D eigenvalue weighted by Crippen LogP contribution is -2.35. The molecule has 0 unspecified atom stereocenters. The van der Waals surface area contributed by atoms with Gasteiger partial charge in [0.2, 0.25) is 0 Å². The van der Waals surface area contributed by atoms with Crippen molar-refractivity contribution in [2.24, 2.45) is 0 Å². The molecule has 5 nitrogen and oxygen atoms in total. The number of hydrogen-bond acceptors (Lipinski definition) is 4. The Morgan fingerprint density at radius 3 is 2.74 bits per heavy atom. The second kappa shape index (κ2) is 7.28. The van der Waals surface area contributed by atoms with E-state index in [-0.39, 0.29) is 11.1 Å². The summed E-state index contributed by atoms with van der Waals surface area (Å²) in [5.74, 6) is 0.410. The van der Waals surface area contributed by atoms with Gasteiger partial charge in [-0.05, 0) is 33.6 Å². The molecule has 0 saturated carbocycles. The van der Waals surface area contributed by atoms with E-state index in [9.17, 15) is 4.79 Å². The summed E-state index contributed by atoms with van der Waals surface area (Å²) in [6.07, 6.45) is 5.27. The van der Waals surface area contributed by atoms with Crippen molar-refractivity contribution in [3.63, 3.8) is 0 Å². The summed E-state index contributed by atoms with van der Waals surface area (Å²) in [7, 11) is 0. The van der Waals surface area contributed by atoms with E-state index in [1.165, 1.54) is 0 Å². The number of nitrogens with zero attached hydrogens (tertiary/aromatic N) is 2. The third-order valence-corrected chi connectivity index (χ3v) is 2.67. The van der Waals surface area contributed by atoms with Crippen LogP contribution in [0, 0.1) is 0 Å². The van der Waals surface area contributed by atoms with Gasteiger partial charge >= 0.3 is 0 Å². The molecule has 1 rings (SSSR count). The normalized spacial score (nSPS) is 11.6. The predicted octanol–water partition coefficient (Wildman–Crippen LogP) is 2.23. The number of nitrogens with one attached hydrogen (secondary N) is 1. The molecule has 0 atom stereocenters. The minimum absolute atomic E-state index is 0.0792. The first-order valence-electron chi connectivity index (χ1n) is 6.86. The Morgan fingerprint density at radius 2 is 2.11 bits per heavy atom. The maximum absolute atomic E-state index is 12.2. The van der Waals surface area contributed by atoms with Crippen molar-refractivity contribution in [3.05, 3.63) is 22.7 Å². The van der Waals surface area contributed by atoms with Crippen LogP contribution in [-0.2, 0) is 10.3 Å². The molecular formula is C14H25N3O2. The molecule has 1 aromatic rings. The van der Waals surface area contributed by atoms with Crippen molar-refractivity contribution >= 4 is 5.82 Å². The zero-order chi connectivity index (χ0) is 14.3. The molecule has 1 heterocycles. The van der Waals surface area contributed by atoms with Crippen molar-refractivity contribution in [2.45, 2.75) is 46.1 Å². The van der Waals surface area contributed by atoms with Crippen LogP contribution in [0.25, 0.3) is 0 Å². The first-order chi connectivity index (χ1) is 8.96. The molecule has 19 heavy (non-hydrogen) atoms. The summed E-state index contributed by atoms with van der Waals surface area (Å²) in [4.78, 5) is 16.3. The van der Waals surface area contributed by atoms with Gasteiger partial charge in [-0.3, -0.25) is 4.79 Å². The molecule has 1 aromatic heterocycles. The molecular weight excluding hydrogens is 242 g/mol. The van der Waals surface area contributed by atoms with Crippen LogP contribution in [0.5, 0.6) is 0 Å². The van der Waals surface area contributed by atoms with Crippen LogP contribution in [0.3, 0.4) is 0 Å². The maximum atomic E-state index is 12.2. The minimum Gasteiger partial charge on any atom is -0.381 e. The molecule has 0 amide bonds. The van der Waals surface area contributed by atoms with Gasteiger partial charge in [-0.25, -0.2) is 4.98 Å². The zero-order valence-corrected chi connectivity index (χ0v) is 12.4. The largest absolute Gasteiger partial charge is 0.381 e. The molecule has 0 bridgehead atoms. The smallest absolute Gasteiger partial charge is 0.293 e. The predicted molar refractivity (Wildman–Crippen MR) is 77.7 cm³/mol. The Balaban J connectivity index is 2.53. The Labute approximate surface area is 115 Å². The van der Waals surface area contributed by atoms with Crippen LogP contribution in [-0.4, -0.2) is 29.3 Å². The summed E-state index contributed by atoms with van der Waals surface area (Å²) in [6.45, 7) is 10.3. The van der Waals surface area contributed by atoms with Crippen molar-refractivity contribution in [1.29, 1.82) is 0 Å². The number of rotatable bonds is 7. The van der Waals surface area contributed by atoms with Gasteiger partial charge in [-0.1, -0.05) is 6.92 Å². The Hall–Kier alpha value is -1.36. The molecule has 0 spiro atoms. The quantitative estimate of drug-likeness (QED) is 0.770. The van der Waals surface area contributed by atoms with Gasteiger partial charge in [0.15, 0.2) is 5.82 Å². The van der Waals surface area contributed by atoms with Crippen LogP contribution in [0.2, 0.25) is 0 Å². The molecule has 0 fully saturated rings. The summed E-state index contributed by atoms with van der Waals surface area (Å²) in [6, 6.07) is 0. The highest BCUT2D eigenvalue weighted by molar-refractivity contribution is 5.30. The lowest BCUT2D eigenvalue weighted by atomic mass is 10.1. The lowest BCUT2D eigenvalue weighted by Gasteiger charge is -2.22. The summed E-state index contributed by atoms with van der Waals surface area (Å²) in [5.41, 5.74) is -0.315. The van der Waals surface area contributed by atoms with Crippen LogP contribution in [0.4, 0.5) is 5.82 Å². The first kappa shape index (κ1) is 15.7. The summed E-state index contributed by atoms with van der Waals surface area (Å²) < 4.78 is 7.08. The van der Waals surface area contributed by atoms with Gasteiger partial charge in [-0.15, -0.1) is 0 Å². The molecule has 1 N–H and O–H groups in total. The maximum Gasteiger partial charge on any atom is 0.293 e. The third kappa shape index (κ3) is 5.03. The Kier molecular flexibility index (Phi) is 6.02. The van der Waals surface area contributed by atoms with E-state index in [2.05, 4.69) is 17.2 Å². The second-order valence-corrected chi connectivity index (χ2v) is 5.51. The van der Waals surface area contributed by atoms with E-state index < -0.39 is 0 Å². The number of anilines is 1. The average molecular weight is 267 g/mol. The van der Waals surface area contributed by atoms with E-state index in [0.717, 1.165) is 19.4 Å². The van der Waals surface area contributed by atoms with Gasteiger partial charge in [0.05, 0.1) is 0 Å². The van der Waals surface area contributed by atoms with Gasteiger partial charge < -0.3 is 14.6 Å². The first-order valence-corrected chi connectivity index (χ1v) is 6.86. The van der Waals surface area contributed by atoms with Gasteiger partial charge in [0, 0.05) is 37.7 Å². The van der Waals surface area contributed by atoms with E-state index in [0.29, 0.717) is 19.0 Å². The van der Waals surface area contributed by atoms with Crippen LogP contribution >= 0.6 is 0 Å². The third-order valence-electron chi connectivity index (χ3n) is 2.67. The van der Waals surface area contributed by atoms with Gasteiger partial charge in [0.25, 0.3) is 5.56 Å². The molecule has 108 valence electrons. The van der Waals surface area contributed by atoms with E-state index >= 15 is 0 Å². The summed E-state index contributed by atoms with van der Waals surface area (Å²) in [5, 5.41) is 3.08. The van der Waals surface area contributed by atoms with Crippen molar-refractivity contribution in [3.8, 4) is 0 Å². The molecule has 0 radical (unpaired) electrons. The van der Waals surface area contributed by atoms with Crippen LogP contribution < -0.4 is 10.9 Å². The fourth-order valence-electron chi connectivity index (χ4n) is 1.69. The number of aromatic nitrogens is 2. The highest BCUT2D eigenvalue weighted by atomic mass is 16.5. The van der Waals surface area contributed by atoms with Crippen LogP contribution in [0.1, 0.15) is 40.5 Å². The van der Waals surface area contributed by atoms with Gasteiger partial charge in [-0.2, -0.15) is 0 Å². The lowest BCUT2D eigenvalue weighted by molar-refractivity contribution is 0.134. The molecule has 0 aliphatic carbocycles. The van der Waals surface area contributed by atoms with Gasteiger partial charge in [0.1, 0.15) is 0 Å². The summed E-state index contributed by atoms with van der Waals surface area (Å²) >= 11 is 0. The second-order valence-electron chi connectivity index (χ2n) is 5.51. The molecule has 0 saturated heterocycles. The van der Waals surface area contributed by atoms with E-state index in [1.54, 1.807) is 17.0 Å². The molecule has 0 aliphatic rings. The standard InChI is InChI=1S/C14H25N3O2/c1-5-10-19-11-6-7-15-12-13(18)17(9-8-16-12)14(2,3)4/h8-9H,5-7,10-11H2,1-4H3,(H,15,16). The van der Waals surface area contributed by atoms with Crippen molar-refractivity contribution in [2.75, 3.05) is 25.1 Å². The van der Waals surface area contributed by atoms with Crippen LogP contribution in [0.15, 0.2) is 17.2 Å².